The fourth-order valence-corrected chi connectivity index (χ4v) is 4.98. The van der Waals surface area contributed by atoms with Crippen LogP contribution in [0.4, 0.5) is 10.1 Å². The van der Waals surface area contributed by atoms with Crippen molar-refractivity contribution in [3.05, 3.63) is 65.5 Å². The van der Waals surface area contributed by atoms with Crippen molar-refractivity contribution in [1.29, 1.82) is 0 Å². The van der Waals surface area contributed by atoms with Crippen LogP contribution in [0.15, 0.2) is 53.5 Å². The summed E-state index contributed by atoms with van der Waals surface area (Å²) in [5.41, 5.74) is 24.6. The number of nitrogens with two attached hydrogens (primary N) is 4. The van der Waals surface area contributed by atoms with E-state index in [0.717, 1.165) is 37.7 Å². The Morgan fingerprint density at radius 3 is 2.00 bits per heavy atom. The number of primary amides is 1. The Hall–Kier alpha value is -3.99. The van der Waals surface area contributed by atoms with Gasteiger partial charge in [0.2, 0.25) is 17.7 Å². The molecule has 0 radical (unpaired) electrons. The van der Waals surface area contributed by atoms with Gasteiger partial charge < -0.3 is 33.6 Å². The third kappa shape index (κ3) is 9.96. The molecule has 3 amide bonds. The smallest absolute Gasteiger partial charge is 0.243 e. The van der Waals surface area contributed by atoms with E-state index in [4.69, 9.17) is 22.9 Å². The van der Waals surface area contributed by atoms with E-state index in [0.29, 0.717) is 23.6 Å². The second-order valence-electron chi connectivity index (χ2n) is 10.5. The van der Waals surface area contributed by atoms with Gasteiger partial charge in [0.15, 0.2) is 5.96 Å². The first-order chi connectivity index (χ1) is 19.1. The Balaban J connectivity index is 1.67. The quantitative estimate of drug-likeness (QED) is 0.161. The molecule has 40 heavy (non-hydrogen) atoms. The zero-order chi connectivity index (χ0) is 29.1. The van der Waals surface area contributed by atoms with Crippen molar-refractivity contribution < 1.29 is 18.8 Å². The molecule has 1 aliphatic carbocycles. The number of halogens is 1. The van der Waals surface area contributed by atoms with Crippen molar-refractivity contribution in [2.75, 3.05) is 0 Å². The minimum absolute atomic E-state index is 0.0578. The Labute approximate surface area is 234 Å². The summed E-state index contributed by atoms with van der Waals surface area (Å²) in [7, 11) is 0. The number of nitrogens with one attached hydrogen (secondary N) is 2. The Kier molecular flexibility index (Phi) is 11.4. The summed E-state index contributed by atoms with van der Waals surface area (Å²) < 4.78 is 13.3. The van der Waals surface area contributed by atoms with Gasteiger partial charge in [-0.2, -0.15) is 0 Å². The summed E-state index contributed by atoms with van der Waals surface area (Å²) in [6.45, 7) is 0. The largest absolute Gasteiger partial charge is 0.370 e. The predicted molar refractivity (Wildman–Crippen MR) is 153 cm³/mol. The standard InChI is InChI=1S/C29H40FN7O3/c30-21-11-6-20(7-12-21)17-25(26(32)38)37-28(40)24(15-10-18-4-2-1-3-5-18)36-27(39)23(31)16-19-8-13-22(14-9-19)35-29(33)34/h6-9,11-14,18,23-25H,1-5,10,15-17,31H2,(H2,32,38)(H,36,39)(H,37,40)(H4,33,34,35)/t23-,24-,25+/m0/s1. The number of amides is 3. The zero-order valence-corrected chi connectivity index (χ0v) is 22.7. The van der Waals surface area contributed by atoms with E-state index in [1.165, 1.54) is 30.7 Å². The first-order valence-electron chi connectivity index (χ1n) is 13.7. The van der Waals surface area contributed by atoms with Gasteiger partial charge in [0.05, 0.1) is 11.7 Å². The summed E-state index contributed by atoms with van der Waals surface area (Å²) in [6.07, 6.45) is 7.20. The molecule has 3 atom stereocenters. The molecule has 0 heterocycles. The lowest BCUT2D eigenvalue weighted by Crippen LogP contribution is -2.56. The van der Waals surface area contributed by atoms with Gasteiger partial charge in [-0.15, -0.1) is 0 Å². The van der Waals surface area contributed by atoms with E-state index in [9.17, 15) is 18.8 Å². The Morgan fingerprint density at radius 2 is 1.40 bits per heavy atom. The second kappa shape index (κ2) is 15.0. The molecule has 0 bridgehead atoms. The first kappa shape index (κ1) is 30.6. The lowest BCUT2D eigenvalue weighted by Gasteiger charge is -2.26. The summed E-state index contributed by atoms with van der Waals surface area (Å²) in [5.74, 6) is -1.71. The number of carbonyl (C=O) groups is 3. The summed E-state index contributed by atoms with van der Waals surface area (Å²) >= 11 is 0. The van der Waals surface area contributed by atoms with Crippen LogP contribution in [0.5, 0.6) is 0 Å². The summed E-state index contributed by atoms with van der Waals surface area (Å²) in [6, 6.07) is 9.76. The Bertz CT molecular complexity index is 1160. The van der Waals surface area contributed by atoms with Gasteiger partial charge in [0, 0.05) is 6.42 Å². The highest BCUT2D eigenvalue weighted by Gasteiger charge is 2.28. The fraction of sp³-hybridized carbons (Fsp3) is 0.448. The molecular formula is C29H40FN7O3. The molecule has 1 saturated carbocycles. The maximum atomic E-state index is 13.3. The molecule has 1 fully saturated rings. The fourth-order valence-electron chi connectivity index (χ4n) is 4.98. The van der Waals surface area contributed by atoms with E-state index >= 15 is 0 Å². The van der Waals surface area contributed by atoms with E-state index < -0.39 is 41.7 Å². The molecule has 3 rings (SSSR count). The van der Waals surface area contributed by atoms with Crippen LogP contribution in [0, 0.1) is 11.7 Å². The first-order valence-corrected chi connectivity index (χ1v) is 13.7. The molecule has 10 nitrogen and oxygen atoms in total. The molecule has 0 spiro atoms. The molecule has 0 unspecified atom stereocenters. The average Bonchev–Trinajstić information content (AvgIpc) is 2.92. The van der Waals surface area contributed by atoms with Crippen LogP contribution in [0.1, 0.15) is 56.1 Å². The molecule has 0 aromatic heterocycles. The minimum atomic E-state index is -1.02. The van der Waals surface area contributed by atoms with Crippen molar-refractivity contribution in [3.8, 4) is 0 Å². The Morgan fingerprint density at radius 1 is 0.825 bits per heavy atom. The highest BCUT2D eigenvalue weighted by molar-refractivity contribution is 5.92. The summed E-state index contributed by atoms with van der Waals surface area (Å²) in [5, 5.41) is 5.48. The van der Waals surface area contributed by atoms with Gasteiger partial charge in [-0.3, -0.25) is 14.4 Å². The van der Waals surface area contributed by atoms with Crippen LogP contribution in [0.2, 0.25) is 0 Å². The van der Waals surface area contributed by atoms with E-state index in [1.54, 1.807) is 24.3 Å². The number of benzene rings is 2. The van der Waals surface area contributed by atoms with Gasteiger partial charge >= 0.3 is 0 Å². The second-order valence-corrected chi connectivity index (χ2v) is 10.5. The van der Waals surface area contributed by atoms with E-state index in [1.807, 2.05) is 0 Å². The lowest BCUT2D eigenvalue weighted by molar-refractivity contribution is -0.132. The third-order valence-electron chi connectivity index (χ3n) is 7.22. The van der Waals surface area contributed by atoms with Gasteiger partial charge in [-0.1, -0.05) is 56.4 Å². The highest BCUT2D eigenvalue weighted by Crippen LogP contribution is 2.28. The molecule has 10 N–H and O–H groups in total. The van der Waals surface area contributed by atoms with Crippen molar-refractivity contribution in [2.24, 2.45) is 33.8 Å². The number of hydrogen-bond donors (Lipinski definition) is 6. The van der Waals surface area contributed by atoms with Crippen LogP contribution in [-0.2, 0) is 27.2 Å². The highest BCUT2D eigenvalue weighted by atomic mass is 19.1. The molecule has 2 aromatic rings. The average molecular weight is 554 g/mol. The molecule has 0 saturated heterocycles. The van der Waals surface area contributed by atoms with Crippen molar-refractivity contribution in [2.45, 2.75) is 75.9 Å². The van der Waals surface area contributed by atoms with Crippen LogP contribution in [-0.4, -0.2) is 41.8 Å². The molecule has 1 aliphatic rings. The van der Waals surface area contributed by atoms with Crippen LogP contribution >= 0.6 is 0 Å². The summed E-state index contributed by atoms with van der Waals surface area (Å²) in [4.78, 5) is 42.5. The van der Waals surface area contributed by atoms with Crippen molar-refractivity contribution in [1.82, 2.24) is 10.6 Å². The minimum Gasteiger partial charge on any atom is -0.370 e. The van der Waals surface area contributed by atoms with Crippen molar-refractivity contribution >= 4 is 29.4 Å². The number of rotatable bonds is 13. The van der Waals surface area contributed by atoms with Crippen LogP contribution in [0.25, 0.3) is 0 Å². The van der Waals surface area contributed by atoms with Gasteiger partial charge in [0.1, 0.15) is 17.9 Å². The van der Waals surface area contributed by atoms with Gasteiger partial charge in [-0.25, -0.2) is 9.38 Å². The molecule has 11 heteroatoms. The number of aliphatic imine (C=N–C) groups is 1. The topological polar surface area (TPSA) is 192 Å². The molecular weight excluding hydrogens is 513 g/mol. The van der Waals surface area contributed by atoms with Crippen LogP contribution in [0.3, 0.4) is 0 Å². The molecule has 216 valence electrons. The number of nitrogens with zero attached hydrogens (tertiary/aromatic N) is 1. The monoisotopic (exact) mass is 553 g/mol. The zero-order valence-electron chi connectivity index (χ0n) is 22.7. The number of guanidine groups is 1. The number of carbonyl (C=O) groups excluding carboxylic acids is 3. The van der Waals surface area contributed by atoms with Gasteiger partial charge in [0.25, 0.3) is 0 Å². The normalized spacial score (nSPS) is 15.8. The maximum absolute atomic E-state index is 13.3. The number of hydrogen-bond acceptors (Lipinski definition) is 5. The molecule has 0 aliphatic heterocycles. The predicted octanol–water partition coefficient (Wildman–Crippen LogP) is 1.66. The van der Waals surface area contributed by atoms with Crippen molar-refractivity contribution in [3.63, 3.8) is 0 Å². The SMILES string of the molecule is NC(=O)[C@@H](Cc1ccc(F)cc1)NC(=O)[C@H](CCC1CCCCC1)NC(=O)[C@@H](N)Cc1ccc(N=C(N)N)cc1. The molecule has 2 aromatic carbocycles. The van der Waals surface area contributed by atoms with Crippen LogP contribution < -0.4 is 33.6 Å². The van der Waals surface area contributed by atoms with E-state index in [2.05, 4.69) is 15.6 Å². The lowest BCUT2D eigenvalue weighted by atomic mass is 9.85. The van der Waals surface area contributed by atoms with E-state index in [-0.39, 0.29) is 18.8 Å². The maximum Gasteiger partial charge on any atom is 0.243 e. The third-order valence-corrected chi connectivity index (χ3v) is 7.22. The van der Waals surface area contributed by atoms with Gasteiger partial charge in [-0.05, 0) is 60.6 Å².